The molecule has 0 unspecified atom stereocenters. The Bertz CT molecular complexity index is 631. The van der Waals surface area contributed by atoms with E-state index in [9.17, 15) is 4.79 Å². The molecule has 0 aliphatic carbocycles. The summed E-state index contributed by atoms with van der Waals surface area (Å²) in [5, 5.41) is 11.3. The number of carbonyl (C=O) groups excluding carboxylic acids is 1. The van der Waals surface area contributed by atoms with Crippen molar-refractivity contribution in [3.8, 4) is 0 Å². The van der Waals surface area contributed by atoms with Gasteiger partial charge in [-0.3, -0.25) is 9.89 Å². The zero-order chi connectivity index (χ0) is 14.1. The number of amides is 1. The molecule has 3 rings (SSSR count). The summed E-state index contributed by atoms with van der Waals surface area (Å²) >= 11 is 3.44. The number of likely N-dealkylation sites (tertiary alicyclic amines) is 1. The number of rotatable bonds is 2. The van der Waals surface area contributed by atoms with E-state index in [4.69, 9.17) is 0 Å². The molecule has 0 saturated carbocycles. The van der Waals surface area contributed by atoms with Crippen molar-refractivity contribution in [3.63, 3.8) is 0 Å². The fourth-order valence-corrected chi connectivity index (χ4v) is 3.03. The standard InChI is InChI=1S/C14H17BrN4O/c1-16-10-4-6-19(7-5-10)14(20)13-11-8-9(15)2-3-12(11)17-18-13/h2-3,8,10,16H,4-7H2,1H3,(H,17,18). The predicted molar refractivity (Wildman–Crippen MR) is 81.8 cm³/mol. The van der Waals surface area contributed by atoms with Gasteiger partial charge in [0, 0.05) is 29.0 Å². The fraction of sp³-hybridized carbons (Fsp3) is 0.429. The first-order chi connectivity index (χ1) is 9.69. The van der Waals surface area contributed by atoms with Crippen LogP contribution in [-0.2, 0) is 0 Å². The Morgan fingerprint density at radius 1 is 1.45 bits per heavy atom. The molecule has 0 atom stereocenters. The van der Waals surface area contributed by atoms with Gasteiger partial charge >= 0.3 is 0 Å². The topological polar surface area (TPSA) is 61.0 Å². The van der Waals surface area contributed by atoms with Gasteiger partial charge in [0.25, 0.3) is 5.91 Å². The SMILES string of the molecule is CNC1CCN(C(=O)c2n[nH]c3ccc(Br)cc23)CC1. The Hall–Kier alpha value is -1.40. The third-order valence-electron chi connectivity index (χ3n) is 3.92. The Labute approximate surface area is 125 Å². The van der Waals surface area contributed by atoms with E-state index >= 15 is 0 Å². The molecule has 1 aliphatic rings. The van der Waals surface area contributed by atoms with Gasteiger partial charge in [0.1, 0.15) is 0 Å². The van der Waals surface area contributed by atoms with Crippen LogP contribution >= 0.6 is 15.9 Å². The molecule has 1 aromatic heterocycles. The molecule has 1 aliphatic heterocycles. The third-order valence-corrected chi connectivity index (χ3v) is 4.41. The molecule has 1 fully saturated rings. The summed E-state index contributed by atoms with van der Waals surface area (Å²) in [6, 6.07) is 6.32. The largest absolute Gasteiger partial charge is 0.337 e. The first-order valence-electron chi connectivity index (χ1n) is 6.79. The van der Waals surface area contributed by atoms with Crippen LogP contribution in [-0.4, -0.2) is 47.2 Å². The van der Waals surface area contributed by atoms with E-state index in [1.165, 1.54) is 0 Å². The first kappa shape index (κ1) is 13.6. The number of H-pyrrole nitrogens is 1. The first-order valence-corrected chi connectivity index (χ1v) is 7.58. The number of aromatic amines is 1. The van der Waals surface area contributed by atoms with Gasteiger partial charge in [0.2, 0.25) is 0 Å². The van der Waals surface area contributed by atoms with Gasteiger partial charge < -0.3 is 10.2 Å². The minimum absolute atomic E-state index is 0.0175. The quantitative estimate of drug-likeness (QED) is 0.883. The number of hydrogen-bond donors (Lipinski definition) is 2. The summed E-state index contributed by atoms with van der Waals surface area (Å²) in [4.78, 5) is 14.5. The van der Waals surface area contributed by atoms with Crippen LogP contribution in [0.1, 0.15) is 23.3 Å². The van der Waals surface area contributed by atoms with Crippen molar-refractivity contribution in [2.45, 2.75) is 18.9 Å². The summed E-state index contributed by atoms with van der Waals surface area (Å²) in [6.07, 6.45) is 1.99. The van der Waals surface area contributed by atoms with Crippen molar-refractivity contribution in [2.24, 2.45) is 0 Å². The zero-order valence-electron chi connectivity index (χ0n) is 11.3. The number of aromatic nitrogens is 2. The lowest BCUT2D eigenvalue weighted by atomic mass is 10.0. The summed E-state index contributed by atoms with van der Waals surface area (Å²) < 4.78 is 0.953. The fourth-order valence-electron chi connectivity index (χ4n) is 2.67. The molecule has 0 bridgehead atoms. The molecule has 2 N–H and O–H groups in total. The van der Waals surface area contributed by atoms with Crippen LogP contribution in [0.25, 0.3) is 10.9 Å². The highest BCUT2D eigenvalue weighted by Crippen LogP contribution is 2.23. The summed E-state index contributed by atoms with van der Waals surface area (Å²) in [5.41, 5.74) is 1.41. The average Bonchev–Trinajstić information content (AvgIpc) is 2.89. The lowest BCUT2D eigenvalue weighted by molar-refractivity contribution is 0.0703. The smallest absolute Gasteiger partial charge is 0.274 e. The Balaban J connectivity index is 1.84. The Kier molecular flexibility index (Phi) is 3.76. The Morgan fingerprint density at radius 2 is 2.20 bits per heavy atom. The van der Waals surface area contributed by atoms with Crippen LogP contribution in [0, 0.1) is 0 Å². The summed E-state index contributed by atoms with van der Waals surface area (Å²) in [7, 11) is 1.97. The molecule has 1 amide bonds. The average molecular weight is 337 g/mol. The number of piperidine rings is 1. The number of fused-ring (bicyclic) bond motifs is 1. The number of carbonyl (C=O) groups is 1. The van der Waals surface area contributed by atoms with Crippen LogP contribution in [0.3, 0.4) is 0 Å². The van der Waals surface area contributed by atoms with E-state index in [0.29, 0.717) is 11.7 Å². The molecule has 6 heteroatoms. The molecule has 20 heavy (non-hydrogen) atoms. The number of benzene rings is 1. The van der Waals surface area contributed by atoms with Gasteiger partial charge in [-0.1, -0.05) is 15.9 Å². The second kappa shape index (κ2) is 5.54. The molecule has 106 valence electrons. The normalized spacial score (nSPS) is 16.8. The molecule has 1 aromatic carbocycles. The van der Waals surface area contributed by atoms with Crippen molar-refractivity contribution in [3.05, 3.63) is 28.4 Å². The highest BCUT2D eigenvalue weighted by atomic mass is 79.9. The second-order valence-corrected chi connectivity index (χ2v) is 6.03. The number of nitrogens with one attached hydrogen (secondary N) is 2. The van der Waals surface area contributed by atoms with E-state index in [2.05, 4.69) is 31.4 Å². The van der Waals surface area contributed by atoms with Gasteiger partial charge in [-0.15, -0.1) is 0 Å². The van der Waals surface area contributed by atoms with E-state index in [1.807, 2.05) is 30.1 Å². The maximum Gasteiger partial charge on any atom is 0.274 e. The van der Waals surface area contributed by atoms with Gasteiger partial charge in [0.15, 0.2) is 5.69 Å². The van der Waals surface area contributed by atoms with Crippen LogP contribution in [0.4, 0.5) is 0 Å². The van der Waals surface area contributed by atoms with Gasteiger partial charge in [0.05, 0.1) is 5.52 Å². The monoisotopic (exact) mass is 336 g/mol. The second-order valence-electron chi connectivity index (χ2n) is 5.12. The van der Waals surface area contributed by atoms with Crippen molar-refractivity contribution >= 4 is 32.7 Å². The number of nitrogens with zero attached hydrogens (tertiary/aromatic N) is 2. The van der Waals surface area contributed by atoms with Gasteiger partial charge in [-0.25, -0.2) is 0 Å². The zero-order valence-corrected chi connectivity index (χ0v) is 12.9. The van der Waals surface area contributed by atoms with Crippen molar-refractivity contribution < 1.29 is 4.79 Å². The molecule has 2 heterocycles. The van der Waals surface area contributed by atoms with Crippen molar-refractivity contribution in [2.75, 3.05) is 20.1 Å². The lowest BCUT2D eigenvalue weighted by Gasteiger charge is -2.31. The summed E-state index contributed by atoms with van der Waals surface area (Å²) in [6.45, 7) is 1.57. The minimum Gasteiger partial charge on any atom is -0.337 e. The minimum atomic E-state index is 0.0175. The predicted octanol–water partition coefficient (Wildman–Crippen LogP) is 2.15. The van der Waals surface area contributed by atoms with Crippen LogP contribution < -0.4 is 5.32 Å². The highest BCUT2D eigenvalue weighted by molar-refractivity contribution is 9.10. The van der Waals surface area contributed by atoms with Crippen molar-refractivity contribution in [1.82, 2.24) is 20.4 Å². The molecule has 0 spiro atoms. The molecule has 0 radical (unpaired) electrons. The molecule has 5 nitrogen and oxygen atoms in total. The van der Waals surface area contributed by atoms with E-state index in [0.717, 1.165) is 41.3 Å². The molecular weight excluding hydrogens is 320 g/mol. The number of hydrogen-bond acceptors (Lipinski definition) is 3. The molecule has 2 aromatic rings. The maximum atomic E-state index is 12.6. The van der Waals surface area contributed by atoms with E-state index in [1.54, 1.807) is 0 Å². The van der Waals surface area contributed by atoms with Crippen molar-refractivity contribution in [1.29, 1.82) is 0 Å². The highest BCUT2D eigenvalue weighted by Gasteiger charge is 2.25. The van der Waals surface area contributed by atoms with Gasteiger partial charge in [-0.2, -0.15) is 5.10 Å². The van der Waals surface area contributed by atoms with E-state index < -0.39 is 0 Å². The number of halogens is 1. The molecule has 1 saturated heterocycles. The van der Waals surface area contributed by atoms with Crippen LogP contribution in [0.5, 0.6) is 0 Å². The third kappa shape index (κ3) is 2.45. The van der Waals surface area contributed by atoms with Crippen LogP contribution in [0.2, 0.25) is 0 Å². The molecular formula is C14H17BrN4O. The maximum absolute atomic E-state index is 12.6. The van der Waals surface area contributed by atoms with Crippen LogP contribution in [0.15, 0.2) is 22.7 Å². The Morgan fingerprint density at radius 3 is 2.90 bits per heavy atom. The van der Waals surface area contributed by atoms with Gasteiger partial charge in [-0.05, 0) is 38.1 Å². The lowest BCUT2D eigenvalue weighted by Crippen LogP contribution is -2.44. The summed E-state index contributed by atoms with van der Waals surface area (Å²) in [5.74, 6) is 0.0175. The van der Waals surface area contributed by atoms with E-state index in [-0.39, 0.29) is 5.91 Å².